The van der Waals surface area contributed by atoms with Gasteiger partial charge in [-0.2, -0.15) is 0 Å². The summed E-state index contributed by atoms with van der Waals surface area (Å²) in [6.45, 7) is 0. The zero-order chi connectivity index (χ0) is 15.1. The smallest absolute Gasteiger partial charge is 0.423 e. The summed E-state index contributed by atoms with van der Waals surface area (Å²) in [5.74, 6) is 0. The van der Waals surface area contributed by atoms with E-state index < -0.39 is 14.2 Å². The van der Waals surface area contributed by atoms with Crippen LogP contribution in [0.15, 0.2) is 48.5 Å². The van der Waals surface area contributed by atoms with Gasteiger partial charge in [-0.05, 0) is 12.1 Å². The van der Waals surface area contributed by atoms with Crippen molar-refractivity contribution < 1.29 is 20.1 Å². The molecule has 0 atom stereocenters. The van der Waals surface area contributed by atoms with Gasteiger partial charge in [-0.15, -0.1) is 0 Å². The molecule has 2 aromatic carbocycles. The van der Waals surface area contributed by atoms with Crippen LogP contribution >= 0.6 is 0 Å². The van der Waals surface area contributed by atoms with Gasteiger partial charge in [-0.1, -0.05) is 36.4 Å². The molecular weight excluding hydrogens is 258 g/mol. The molecule has 0 aromatic heterocycles. The van der Waals surface area contributed by atoms with Gasteiger partial charge < -0.3 is 31.6 Å². The van der Waals surface area contributed by atoms with Gasteiger partial charge in [0.25, 0.3) is 0 Å². The third-order valence-corrected chi connectivity index (χ3v) is 2.55. The minimum absolute atomic E-state index is 0.350. The first kappa shape index (κ1) is 16.1. The molecule has 0 fully saturated rings. The number of nitrogen functional groups attached to an aromatic ring is 2. The first-order chi connectivity index (χ1) is 9.43. The molecule has 0 aliphatic rings. The fourth-order valence-corrected chi connectivity index (χ4v) is 1.49. The molecule has 8 N–H and O–H groups in total. The van der Waals surface area contributed by atoms with Crippen molar-refractivity contribution in [2.75, 3.05) is 11.5 Å². The summed E-state index contributed by atoms with van der Waals surface area (Å²) in [7, 11) is -2.94. The van der Waals surface area contributed by atoms with Gasteiger partial charge in [0.1, 0.15) is 0 Å². The maximum atomic E-state index is 8.68. The van der Waals surface area contributed by atoms with Gasteiger partial charge in [-0.25, -0.2) is 0 Å². The molecular formula is C12H16B2N2O4. The lowest BCUT2D eigenvalue weighted by Crippen LogP contribution is -2.31. The van der Waals surface area contributed by atoms with Gasteiger partial charge in [-0.3, -0.25) is 0 Å². The van der Waals surface area contributed by atoms with Crippen molar-refractivity contribution >= 4 is 36.5 Å². The summed E-state index contributed by atoms with van der Waals surface area (Å²) in [5.41, 5.74) is 12.3. The number of para-hydroxylation sites is 2. The van der Waals surface area contributed by atoms with E-state index in [0.29, 0.717) is 22.3 Å². The maximum absolute atomic E-state index is 8.68. The topological polar surface area (TPSA) is 133 Å². The summed E-state index contributed by atoms with van der Waals surface area (Å²) in [6, 6.07) is 13.3. The second kappa shape index (κ2) is 7.56. The summed E-state index contributed by atoms with van der Waals surface area (Å²) < 4.78 is 0. The van der Waals surface area contributed by atoms with Crippen LogP contribution in [0.5, 0.6) is 0 Å². The minimum Gasteiger partial charge on any atom is -0.423 e. The van der Waals surface area contributed by atoms with E-state index in [2.05, 4.69) is 0 Å². The predicted octanol–water partition coefficient (Wildman–Crippen LogP) is -2.10. The summed E-state index contributed by atoms with van der Waals surface area (Å²) >= 11 is 0. The first-order valence-electron chi connectivity index (χ1n) is 5.84. The Kier molecular flexibility index (Phi) is 6.08. The molecule has 0 saturated heterocycles. The average molecular weight is 274 g/mol. The number of anilines is 2. The molecule has 0 bridgehead atoms. The standard InChI is InChI=1S/2C6H8BNO2/c2*8-6-4-2-1-3-5(6)7(9)10/h2*1-4,9-10H,8H2. The highest BCUT2D eigenvalue weighted by molar-refractivity contribution is 6.60. The lowest BCUT2D eigenvalue weighted by Gasteiger charge is -2.01. The van der Waals surface area contributed by atoms with Crippen LogP contribution in [0.1, 0.15) is 0 Å². The summed E-state index contributed by atoms with van der Waals surface area (Å²) in [5, 5.41) is 34.7. The van der Waals surface area contributed by atoms with Crippen LogP contribution in [-0.4, -0.2) is 34.3 Å². The highest BCUT2D eigenvalue weighted by Crippen LogP contribution is 1.96. The third-order valence-electron chi connectivity index (χ3n) is 2.55. The van der Waals surface area contributed by atoms with E-state index in [1.54, 1.807) is 48.5 Å². The van der Waals surface area contributed by atoms with E-state index in [-0.39, 0.29) is 0 Å². The van der Waals surface area contributed by atoms with E-state index in [0.717, 1.165) is 0 Å². The molecule has 2 aromatic rings. The van der Waals surface area contributed by atoms with Crippen molar-refractivity contribution in [3.05, 3.63) is 48.5 Å². The van der Waals surface area contributed by atoms with Crippen LogP contribution in [0, 0.1) is 0 Å². The Labute approximate surface area is 117 Å². The lowest BCUT2D eigenvalue weighted by molar-refractivity contribution is 0.424. The second-order valence-electron chi connectivity index (χ2n) is 4.01. The summed E-state index contributed by atoms with van der Waals surface area (Å²) in [6.07, 6.45) is 0. The molecule has 20 heavy (non-hydrogen) atoms. The van der Waals surface area contributed by atoms with E-state index in [4.69, 9.17) is 31.6 Å². The van der Waals surface area contributed by atoms with E-state index in [1.807, 2.05) is 0 Å². The number of hydrogen-bond donors (Lipinski definition) is 6. The Hall–Kier alpha value is -1.99. The van der Waals surface area contributed by atoms with Crippen LogP contribution in [0.3, 0.4) is 0 Å². The summed E-state index contributed by atoms with van der Waals surface area (Å²) in [4.78, 5) is 0. The number of benzene rings is 2. The number of rotatable bonds is 2. The number of nitrogens with two attached hydrogens (primary N) is 2. The van der Waals surface area contributed by atoms with Gasteiger partial charge >= 0.3 is 14.2 Å². The first-order valence-corrected chi connectivity index (χ1v) is 5.84. The normalized spacial score (nSPS) is 9.40. The Balaban J connectivity index is 0.000000200. The molecule has 0 heterocycles. The van der Waals surface area contributed by atoms with Crippen molar-refractivity contribution in [1.29, 1.82) is 0 Å². The fraction of sp³-hybridized carbons (Fsp3) is 0. The van der Waals surface area contributed by atoms with Gasteiger partial charge in [0.05, 0.1) is 0 Å². The van der Waals surface area contributed by atoms with Crippen LogP contribution in [0.2, 0.25) is 0 Å². The zero-order valence-electron chi connectivity index (χ0n) is 10.7. The molecule has 104 valence electrons. The third kappa shape index (κ3) is 4.60. The molecule has 0 aliphatic heterocycles. The number of hydrogen-bond acceptors (Lipinski definition) is 6. The van der Waals surface area contributed by atoms with Crippen molar-refractivity contribution in [1.82, 2.24) is 0 Å². The second-order valence-corrected chi connectivity index (χ2v) is 4.01. The van der Waals surface area contributed by atoms with Gasteiger partial charge in [0.15, 0.2) is 0 Å². The monoisotopic (exact) mass is 274 g/mol. The molecule has 6 nitrogen and oxygen atoms in total. The Morgan fingerprint density at radius 1 is 0.600 bits per heavy atom. The molecule has 0 amide bonds. The van der Waals surface area contributed by atoms with E-state index >= 15 is 0 Å². The quantitative estimate of drug-likeness (QED) is 0.274. The Bertz CT molecular complexity index is 503. The van der Waals surface area contributed by atoms with Crippen LogP contribution in [0.4, 0.5) is 11.4 Å². The van der Waals surface area contributed by atoms with Crippen molar-refractivity contribution in [3.8, 4) is 0 Å². The SMILES string of the molecule is Nc1ccccc1B(O)O.Nc1ccccc1B(O)O. The molecule has 0 aliphatic carbocycles. The van der Waals surface area contributed by atoms with Crippen LogP contribution in [-0.2, 0) is 0 Å². The maximum Gasteiger partial charge on any atom is 0.490 e. The highest BCUT2D eigenvalue weighted by Gasteiger charge is 2.13. The molecule has 0 radical (unpaired) electrons. The van der Waals surface area contributed by atoms with Crippen LogP contribution < -0.4 is 22.4 Å². The van der Waals surface area contributed by atoms with Gasteiger partial charge in [0, 0.05) is 22.3 Å². The van der Waals surface area contributed by atoms with Crippen molar-refractivity contribution in [2.45, 2.75) is 0 Å². The van der Waals surface area contributed by atoms with E-state index in [9.17, 15) is 0 Å². The zero-order valence-corrected chi connectivity index (χ0v) is 10.7. The Morgan fingerprint density at radius 3 is 1.10 bits per heavy atom. The molecule has 8 heteroatoms. The van der Waals surface area contributed by atoms with Crippen LogP contribution in [0.25, 0.3) is 0 Å². The molecule has 0 saturated carbocycles. The molecule has 2 rings (SSSR count). The van der Waals surface area contributed by atoms with Gasteiger partial charge in [0.2, 0.25) is 0 Å². The lowest BCUT2D eigenvalue weighted by atomic mass is 9.79. The minimum atomic E-state index is -1.47. The van der Waals surface area contributed by atoms with Crippen molar-refractivity contribution in [3.63, 3.8) is 0 Å². The van der Waals surface area contributed by atoms with E-state index in [1.165, 1.54) is 0 Å². The molecule has 0 unspecified atom stereocenters. The Morgan fingerprint density at radius 2 is 0.900 bits per heavy atom. The average Bonchev–Trinajstić information content (AvgIpc) is 2.40. The van der Waals surface area contributed by atoms with Crippen molar-refractivity contribution in [2.24, 2.45) is 0 Å². The highest BCUT2D eigenvalue weighted by atomic mass is 16.4. The molecule has 0 spiro atoms. The largest absolute Gasteiger partial charge is 0.490 e. The predicted molar refractivity (Wildman–Crippen MR) is 81.4 cm³/mol. The fourth-order valence-electron chi connectivity index (χ4n) is 1.49.